The first kappa shape index (κ1) is 16.3. The van der Waals surface area contributed by atoms with Crippen molar-refractivity contribution in [1.82, 2.24) is 16.0 Å². The highest BCUT2D eigenvalue weighted by Gasteiger charge is 2.26. The van der Waals surface area contributed by atoms with Gasteiger partial charge in [0.2, 0.25) is 11.8 Å². The summed E-state index contributed by atoms with van der Waals surface area (Å²) in [5, 5.41) is 7.48. The molecule has 7 heteroatoms. The molecule has 24 heavy (non-hydrogen) atoms. The fraction of sp³-hybridized carbons (Fsp3) is 0.471. The van der Waals surface area contributed by atoms with E-state index >= 15 is 0 Å². The van der Waals surface area contributed by atoms with Gasteiger partial charge in [-0.3, -0.25) is 14.9 Å². The minimum atomic E-state index is -0.711. The first-order valence-electron chi connectivity index (χ1n) is 8.13. The van der Waals surface area contributed by atoms with E-state index in [1.54, 1.807) is 7.11 Å². The molecule has 0 saturated carbocycles. The molecule has 1 atom stereocenters. The number of benzene rings is 1. The number of hydrogen-bond acceptors (Lipinski definition) is 4. The van der Waals surface area contributed by atoms with Gasteiger partial charge in [-0.25, -0.2) is 4.79 Å². The summed E-state index contributed by atoms with van der Waals surface area (Å²) in [7, 11) is 1.62. The van der Waals surface area contributed by atoms with E-state index in [1.807, 2.05) is 6.07 Å². The lowest BCUT2D eigenvalue weighted by Crippen LogP contribution is -2.48. The van der Waals surface area contributed by atoms with Crippen molar-refractivity contribution in [2.45, 2.75) is 44.7 Å². The molecule has 1 fully saturated rings. The van der Waals surface area contributed by atoms with E-state index in [-0.39, 0.29) is 24.7 Å². The van der Waals surface area contributed by atoms with Crippen LogP contribution in [0.15, 0.2) is 12.1 Å². The summed E-state index contributed by atoms with van der Waals surface area (Å²) in [6.45, 7) is 0.322. The number of ether oxygens (including phenoxy) is 1. The zero-order chi connectivity index (χ0) is 17.1. The Morgan fingerprint density at radius 3 is 2.75 bits per heavy atom. The summed E-state index contributed by atoms with van der Waals surface area (Å²) >= 11 is 0. The number of amides is 4. The summed E-state index contributed by atoms with van der Waals surface area (Å²) < 4.78 is 5.42. The fourth-order valence-corrected chi connectivity index (χ4v) is 3.21. The molecule has 0 unspecified atom stereocenters. The second kappa shape index (κ2) is 6.90. The van der Waals surface area contributed by atoms with Crippen LogP contribution >= 0.6 is 0 Å². The van der Waals surface area contributed by atoms with Crippen molar-refractivity contribution >= 4 is 17.8 Å². The molecule has 7 nitrogen and oxygen atoms in total. The first-order chi connectivity index (χ1) is 11.6. The highest BCUT2D eigenvalue weighted by atomic mass is 16.5. The van der Waals surface area contributed by atoms with Crippen LogP contribution < -0.4 is 20.7 Å². The lowest BCUT2D eigenvalue weighted by atomic mass is 10.0. The lowest BCUT2D eigenvalue weighted by Gasteiger charge is -2.16. The molecule has 4 amide bonds. The van der Waals surface area contributed by atoms with Crippen LogP contribution in [0.2, 0.25) is 0 Å². The van der Waals surface area contributed by atoms with Crippen LogP contribution in [0.1, 0.15) is 36.0 Å². The molecule has 3 N–H and O–H groups in total. The van der Waals surface area contributed by atoms with E-state index in [4.69, 9.17) is 4.74 Å². The molecule has 3 rings (SSSR count). The molecule has 1 saturated heterocycles. The Morgan fingerprint density at radius 2 is 2.00 bits per heavy atom. The minimum absolute atomic E-state index is 0.138. The number of methoxy groups -OCH3 is 1. The summed E-state index contributed by atoms with van der Waals surface area (Å²) in [5.74, 6) is 0.0863. The van der Waals surface area contributed by atoms with Crippen molar-refractivity contribution in [2.75, 3.05) is 7.11 Å². The monoisotopic (exact) mass is 331 g/mol. The van der Waals surface area contributed by atoms with Crippen LogP contribution in [-0.4, -0.2) is 31.0 Å². The second-order valence-electron chi connectivity index (χ2n) is 6.12. The molecule has 1 aliphatic heterocycles. The summed E-state index contributed by atoms with van der Waals surface area (Å²) in [6.07, 6.45) is 3.67. The third-order valence-electron chi connectivity index (χ3n) is 4.48. The molecule has 0 aromatic heterocycles. The van der Waals surface area contributed by atoms with Crippen LogP contribution in [0.25, 0.3) is 0 Å². The minimum Gasteiger partial charge on any atom is -0.496 e. The third kappa shape index (κ3) is 3.50. The Bertz CT molecular complexity index is 687. The Morgan fingerprint density at radius 1 is 1.25 bits per heavy atom. The molecular weight excluding hydrogens is 310 g/mol. The van der Waals surface area contributed by atoms with E-state index in [1.165, 1.54) is 11.1 Å². The van der Waals surface area contributed by atoms with E-state index in [0.29, 0.717) is 6.54 Å². The lowest BCUT2D eigenvalue weighted by molar-refractivity contribution is -0.123. The Balaban J connectivity index is 1.66. The van der Waals surface area contributed by atoms with Gasteiger partial charge < -0.3 is 15.4 Å². The van der Waals surface area contributed by atoms with Gasteiger partial charge in [0.25, 0.3) is 0 Å². The predicted molar refractivity (Wildman–Crippen MR) is 86.6 cm³/mol. The number of aryl methyl sites for hydroxylation is 2. The van der Waals surface area contributed by atoms with Crippen molar-refractivity contribution in [3.63, 3.8) is 0 Å². The number of imide groups is 1. The smallest absolute Gasteiger partial charge is 0.322 e. The molecule has 0 radical (unpaired) electrons. The van der Waals surface area contributed by atoms with Gasteiger partial charge in [-0.1, -0.05) is 6.07 Å². The van der Waals surface area contributed by atoms with E-state index in [0.717, 1.165) is 30.6 Å². The highest BCUT2D eigenvalue weighted by Crippen LogP contribution is 2.29. The standard InChI is InChI=1S/C17H21N3O4/c1-24-14-8-11-4-2-3-10(11)7-12(14)9-18-16(22)13-5-6-15(21)20-17(23)19-13/h7-8,13H,2-6,9H2,1H3,(H,18,22)(H2,19,20,21,23)/t13-/m0/s1. The van der Waals surface area contributed by atoms with Crippen molar-refractivity contribution < 1.29 is 19.1 Å². The number of urea groups is 1. The number of fused-ring (bicyclic) bond motifs is 1. The van der Waals surface area contributed by atoms with Crippen LogP contribution in [-0.2, 0) is 29.0 Å². The third-order valence-corrected chi connectivity index (χ3v) is 4.48. The van der Waals surface area contributed by atoms with Gasteiger partial charge >= 0.3 is 6.03 Å². The molecule has 1 aromatic carbocycles. The van der Waals surface area contributed by atoms with Crippen molar-refractivity contribution in [2.24, 2.45) is 0 Å². The average Bonchev–Trinajstić information content (AvgIpc) is 2.94. The summed E-state index contributed by atoms with van der Waals surface area (Å²) in [5.41, 5.74) is 3.53. The topological polar surface area (TPSA) is 96.5 Å². The van der Waals surface area contributed by atoms with Crippen LogP contribution in [0.3, 0.4) is 0 Å². The number of nitrogens with one attached hydrogen (secondary N) is 3. The molecular formula is C17H21N3O4. The maximum Gasteiger partial charge on any atom is 0.322 e. The maximum absolute atomic E-state index is 12.3. The van der Waals surface area contributed by atoms with Crippen LogP contribution in [0.5, 0.6) is 5.75 Å². The van der Waals surface area contributed by atoms with Crippen molar-refractivity contribution in [3.8, 4) is 5.75 Å². The molecule has 0 bridgehead atoms. The van der Waals surface area contributed by atoms with Crippen LogP contribution in [0, 0.1) is 0 Å². The molecule has 1 aliphatic carbocycles. The number of hydrogen-bond donors (Lipinski definition) is 3. The first-order valence-corrected chi connectivity index (χ1v) is 8.13. The Labute approximate surface area is 140 Å². The van der Waals surface area contributed by atoms with Gasteiger partial charge in [0.15, 0.2) is 0 Å². The zero-order valence-electron chi connectivity index (χ0n) is 13.6. The molecule has 1 aromatic rings. The van der Waals surface area contributed by atoms with Crippen LogP contribution in [0.4, 0.5) is 4.79 Å². The maximum atomic E-state index is 12.3. The van der Waals surface area contributed by atoms with Gasteiger partial charge in [0.05, 0.1) is 7.11 Å². The molecule has 128 valence electrons. The molecule has 0 spiro atoms. The van der Waals surface area contributed by atoms with E-state index in [9.17, 15) is 14.4 Å². The van der Waals surface area contributed by atoms with Gasteiger partial charge in [-0.05, 0) is 42.9 Å². The normalized spacial score (nSPS) is 19.8. The summed E-state index contributed by atoms with van der Waals surface area (Å²) in [6, 6.07) is 2.78. The largest absolute Gasteiger partial charge is 0.496 e. The van der Waals surface area contributed by atoms with Gasteiger partial charge in [0.1, 0.15) is 11.8 Å². The Kier molecular flexibility index (Phi) is 4.69. The van der Waals surface area contributed by atoms with Gasteiger partial charge in [-0.15, -0.1) is 0 Å². The molecule has 1 heterocycles. The Hall–Kier alpha value is -2.57. The van der Waals surface area contributed by atoms with E-state index in [2.05, 4.69) is 22.0 Å². The SMILES string of the molecule is COc1cc2c(cc1CNC(=O)[C@@H]1CCC(=O)NC(=O)N1)CCC2. The van der Waals surface area contributed by atoms with E-state index < -0.39 is 12.1 Å². The van der Waals surface area contributed by atoms with Crippen molar-refractivity contribution in [1.29, 1.82) is 0 Å². The zero-order valence-corrected chi connectivity index (χ0v) is 13.6. The van der Waals surface area contributed by atoms with Gasteiger partial charge in [0, 0.05) is 18.5 Å². The fourth-order valence-electron chi connectivity index (χ4n) is 3.21. The molecule has 2 aliphatic rings. The highest BCUT2D eigenvalue weighted by molar-refractivity contribution is 5.98. The van der Waals surface area contributed by atoms with Crippen molar-refractivity contribution in [3.05, 3.63) is 28.8 Å². The van der Waals surface area contributed by atoms with Gasteiger partial charge in [-0.2, -0.15) is 0 Å². The summed E-state index contributed by atoms with van der Waals surface area (Å²) in [4.78, 5) is 35.1. The number of rotatable bonds is 4. The second-order valence-corrected chi connectivity index (χ2v) is 6.12. The predicted octanol–water partition coefficient (Wildman–Crippen LogP) is 0.788. The number of carbonyl (C=O) groups is 3. The average molecular weight is 331 g/mol. The number of carbonyl (C=O) groups excluding carboxylic acids is 3. The quantitative estimate of drug-likeness (QED) is 0.760.